The van der Waals surface area contributed by atoms with Crippen molar-refractivity contribution in [1.82, 2.24) is 5.32 Å². The lowest BCUT2D eigenvalue weighted by atomic mass is 9.72. The lowest BCUT2D eigenvalue weighted by Gasteiger charge is -2.36. The Labute approximate surface area is 120 Å². The summed E-state index contributed by atoms with van der Waals surface area (Å²) in [7, 11) is 0. The summed E-state index contributed by atoms with van der Waals surface area (Å²) in [5, 5.41) is 3.70. The first-order valence-corrected chi connectivity index (χ1v) is 8.41. The Morgan fingerprint density at radius 2 is 1.58 bits per heavy atom. The average Bonchev–Trinajstić information content (AvgIpc) is 2.38. The second-order valence-electron chi connectivity index (χ2n) is 7.37. The van der Waals surface area contributed by atoms with E-state index < -0.39 is 0 Å². The van der Waals surface area contributed by atoms with Gasteiger partial charge in [-0.3, -0.25) is 0 Å². The minimum Gasteiger partial charge on any atom is -0.330 e. The fourth-order valence-corrected chi connectivity index (χ4v) is 3.72. The van der Waals surface area contributed by atoms with E-state index in [-0.39, 0.29) is 0 Å². The highest BCUT2D eigenvalue weighted by molar-refractivity contribution is 4.84. The molecule has 2 heteroatoms. The number of rotatable bonds is 8. The third-order valence-electron chi connectivity index (χ3n) is 5.27. The molecule has 0 aromatic rings. The van der Waals surface area contributed by atoms with Gasteiger partial charge in [0.1, 0.15) is 0 Å². The molecular weight excluding hydrogens is 232 g/mol. The summed E-state index contributed by atoms with van der Waals surface area (Å²) in [6, 6.07) is 0. The molecule has 0 unspecified atom stereocenters. The summed E-state index contributed by atoms with van der Waals surface area (Å²) in [5.74, 6) is 2.33. The molecule has 1 rings (SSSR count). The maximum Gasteiger partial charge on any atom is -0.00156 e. The standard InChI is InChI=1S/C17H36N2/c1-14(2)16(15(3)4)12-19-11-10-17(13-18)8-6-5-7-9-17/h14-16,19H,5-13,18H2,1-4H3. The van der Waals surface area contributed by atoms with Gasteiger partial charge >= 0.3 is 0 Å². The molecule has 3 N–H and O–H groups in total. The van der Waals surface area contributed by atoms with Crippen LogP contribution in [0.4, 0.5) is 0 Å². The molecule has 0 radical (unpaired) electrons. The Balaban J connectivity index is 2.28. The zero-order chi connectivity index (χ0) is 14.3. The van der Waals surface area contributed by atoms with Crippen LogP contribution < -0.4 is 11.1 Å². The highest BCUT2D eigenvalue weighted by atomic mass is 14.9. The number of hydrogen-bond acceptors (Lipinski definition) is 2. The molecular formula is C17H36N2. The van der Waals surface area contributed by atoms with Crippen LogP contribution in [0.15, 0.2) is 0 Å². The number of nitrogens with two attached hydrogens (primary N) is 1. The highest BCUT2D eigenvalue weighted by Gasteiger charge is 2.30. The first-order chi connectivity index (χ1) is 9.01. The van der Waals surface area contributed by atoms with E-state index in [0.29, 0.717) is 5.41 Å². The molecule has 19 heavy (non-hydrogen) atoms. The maximum atomic E-state index is 6.05. The van der Waals surface area contributed by atoms with Gasteiger partial charge in [0, 0.05) is 0 Å². The molecule has 1 aliphatic rings. The molecule has 1 aliphatic carbocycles. The van der Waals surface area contributed by atoms with E-state index in [4.69, 9.17) is 5.73 Å². The zero-order valence-electron chi connectivity index (χ0n) is 13.7. The number of hydrogen-bond donors (Lipinski definition) is 2. The molecule has 0 atom stereocenters. The van der Waals surface area contributed by atoms with E-state index in [2.05, 4.69) is 33.0 Å². The first kappa shape index (κ1) is 17.0. The summed E-state index contributed by atoms with van der Waals surface area (Å²) < 4.78 is 0. The van der Waals surface area contributed by atoms with Crippen LogP contribution in [0.1, 0.15) is 66.2 Å². The Hall–Kier alpha value is -0.0800. The molecule has 2 nitrogen and oxygen atoms in total. The second kappa shape index (κ2) is 8.26. The van der Waals surface area contributed by atoms with Crippen molar-refractivity contribution >= 4 is 0 Å². The van der Waals surface area contributed by atoms with E-state index in [1.54, 1.807) is 0 Å². The molecule has 114 valence electrons. The van der Waals surface area contributed by atoms with Crippen molar-refractivity contribution in [3.8, 4) is 0 Å². The van der Waals surface area contributed by atoms with Gasteiger partial charge in [-0.15, -0.1) is 0 Å². The summed E-state index contributed by atoms with van der Waals surface area (Å²) in [5.41, 5.74) is 6.50. The van der Waals surface area contributed by atoms with E-state index >= 15 is 0 Å². The number of nitrogens with one attached hydrogen (secondary N) is 1. The Morgan fingerprint density at radius 3 is 2.05 bits per heavy atom. The van der Waals surface area contributed by atoms with E-state index in [0.717, 1.165) is 37.4 Å². The second-order valence-corrected chi connectivity index (χ2v) is 7.37. The van der Waals surface area contributed by atoms with Crippen molar-refractivity contribution in [2.75, 3.05) is 19.6 Å². The van der Waals surface area contributed by atoms with Gasteiger partial charge in [-0.25, -0.2) is 0 Å². The quantitative estimate of drug-likeness (QED) is 0.657. The van der Waals surface area contributed by atoms with Crippen LogP contribution in [0.3, 0.4) is 0 Å². The fraction of sp³-hybridized carbons (Fsp3) is 1.00. The maximum absolute atomic E-state index is 6.05. The molecule has 0 bridgehead atoms. The van der Waals surface area contributed by atoms with Crippen LogP contribution in [-0.4, -0.2) is 19.6 Å². The summed E-state index contributed by atoms with van der Waals surface area (Å²) in [4.78, 5) is 0. The van der Waals surface area contributed by atoms with Crippen LogP contribution in [0.5, 0.6) is 0 Å². The van der Waals surface area contributed by atoms with Crippen LogP contribution in [0.25, 0.3) is 0 Å². The van der Waals surface area contributed by atoms with E-state index in [1.807, 2.05) is 0 Å². The topological polar surface area (TPSA) is 38.0 Å². The Bertz CT molecular complexity index is 221. The van der Waals surface area contributed by atoms with Gasteiger partial charge in [0.2, 0.25) is 0 Å². The van der Waals surface area contributed by atoms with Crippen molar-refractivity contribution < 1.29 is 0 Å². The average molecular weight is 268 g/mol. The van der Waals surface area contributed by atoms with Gasteiger partial charge in [0.15, 0.2) is 0 Å². The van der Waals surface area contributed by atoms with Crippen molar-refractivity contribution in [2.45, 2.75) is 66.2 Å². The fourth-order valence-electron chi connectivity index (χ4n) is 3.72. The largest absolute Gasteiger partial charge is 0.330 e. The van der Waals surface area contributed by atoms with Gasteiger partial charge in [0.05, 0.1) is 0 Å². The lowest BCUT2D eigenvalue weighted by Crippen LogP contribution is -2.37. The SMILES string of the molecule is CC(C)C(CNCCC1(CN)CCCCC1)C(C)C. The zero-order valence-corrected chi connectivity index (χ0v) is 13.7. The third-order valence-corrected chi connectivity index (χ3v) is 5.27. The van der Waals surface area contributed by atoms with Gasteiger partial charge in [-0.1, -0.05) is 47.0 Å². The van der Waals surface area contributed by atoms with E-state index in [1.165, 1.54) is 38.5 Å². The summed E-state index contributed by atoms with van der Waals surface area (Å²) >= 11 is 0. The smallest absolute Gasteiger partial charge is 0.00156 e. The van der Waals surface area contributed by atoms with Crippen LogP contribution in [-0.2, 0) is 0 Å². The molecule has 0 saturated heterocycles. The van der Waals surface area contributed by atoms with Gasteiger partial charge in [-0.2, -0.15) is 0 Å². The van der Waals surface area contributed by atoms with Crippen LogP contribution in [0.2, 0.25) is 0 Å². The summed E-state index contributed by atoms with van der Waals surface area (Å²) in [6.45, 7) is 12.6. The van der Waals surface area contributed by atoms with Crippen LogP contribution in [0, 0.1) is 23.2 Å². The normalized spacial score (nSPS) is 19.6. The monoisotopic (exact) mass is 268 g/mol. The van der Waals surface area contributed by atoms with Crippen molar-refractivity contribution in [3.63, 3.8) is 0 Å². The Kier molecular flexibility index (Phi) is 7.38. The van der Waals surface area contributed by atoms with Crippen molar-refractivity contribution in [2.24, 2.45) is 28.9 Å². The molecule has 0 spiro atoms. The van der Waals surface area contributed by atoms with Crippen molar-refractivity contribution in [3.05, 3.63) is 0 Å². The van der Waals surface area contributed by atoms with Crippen LogP contribution >= 0.6 is 0 Å². The molecule has 0 aliphatic heterocycles. The van der Waals surface area contributed by atoms with Gasteiger partial charge in [0.25, 0.3) is 0 Å². The lowest BCUT2D eigenvalue weighted by molar-refractivity contribution is 0.177. The molecule has 0 aromatic carbocycles. The van der Waals surface area contributed by atoms with Gasteiger partial charge < -0.3 is 11.1 Å². The predicted molar refractivity (Wildman–Crippen MR) is 85.2 cm³/mol. The van der Waals surface area contributed by atoms with E-state index in [9.17, 15) is 0 Å². The first-order valence-electron chi connectivity index (χ1n) is 8.41. The molecule has 0 amide bonds. The minimum atomic E-state index is 0.455. The molecule has 0 heterocycles. The Morgan fingerprint density at radius 1 is 1.00 bits per heavy atom. The molecule has 1 saturated carbocycles. The highest BCUT2D eigenvalue weighted by Crippen LogP contribution is 2.37. The molecule has 1 fully saturated rings. The predicted octanol–water partition coefficient (Wildman–Crippen LogP) is 3.80. The minimum absolute atomic E-state index is 0.455. The summed E-state index contributed by atoms with van der Waals surface area (Å²) in [6.07, 6.45) is 8.16. The molecule has 0 aromatic heterocycles. The van der Waals surface area contributed by atoms with Crippen molar-refractivity contribution in [1.29, 1.82) is 0 Å². The van der Waals surface area contributed by atoms with Gasteiger partial charge in [-0.05, 0) is 62.1 Å². The third kappa shape index (κ3) is 5.43.